The van der Waals surface area contributed by atoms with Crippen LogP contribution >= 0.6 is 11.8 Å². The highest BCUT2D eigenvalue weighted by Gasteiger charge is 2.40. The molecule has 1 atom stereocenters. The van der Waals surface area contributed by atoms with Crippen LogP contribution in [0.1, 0.15) is 32.8 Å². The van der Waals surface area contributed by atoms with E-state index in [1.54, 1.807) is 16.7 Å². The Bertz CT molecular complexity index is 1030. The Kier molecular flexibility index (Phi) is 5.10. The molecule has 2 aliphatic heterocycles. The van der Waals surface area contributed by atoms with E-state index < -0.39 is 28.6 Å². The average molecular weight is 415 g/mol. The van der Waals surface area contributed by atoms with E-state index in [0.717, 1.165) is 24.7 Å². The summed E-state index contributed by atoms with van der Waals surface area (Å²) < 4.78 is 1.40. The van der Waals surface area contributed by atoms with Gasteiger partial charge in [-0.2, -0.15) is 0 Å². The van der Waals surface area contributed by atoms with E-state index in [1.807, 2.05) is 6.26 Å². The average Bonchev–Trinajstić information content (AvgIpc) is 2.71. The van der Waals surface area contributed by atoms with Gasteiger partial charge in [0.15, 0.2) is 11.4 Å². The molecule has 1 aromatic heterocycles. The standard InChI is InChI=1S/C20H21N3O5S/c1-29-13-5-3-12(4-6-13)9-21-7-2-8-23-15(21)11-22-10-14(20(27)28)17(24)18(25)16(22)19(23)26/h3-6,10,15,25H,2,7-9,11H2,1H3,(H,27,28). The van der Waals surface area contributed by atoms with E-state index in [0.29, 0.717) is 13.1 Å². The molecule has 0 spiro atoms. The number of carboxylic acid groups (broad SMARTS) is 1. The lowest BCUT2D eigenvalue weighted by Crippen LogP contribution is -2.60. The number of hydrogen-bond acceptors (Lipinski definition) is 6. The number of rotatable bonds is 4. The Labute approximate surface area is 171 Å². The zero-order valence-electron chi connectivity index (χ0n) is 15.9. The van der Waals surface area contributed by atoms with Gasteiger partial charge in [-0.3, -0.25) is 14.5 Å². The third kappa shape index (κ3) is 3.40. The fraction of sp³-hybridized carbons (Fsp3) is 0.350. The van der Waals surface area contributed by atoms with Crippen LogP contribution in [-0.2, 0) is 13.1 Å². The molecule has 1 saturated heterocycles. The molecule has 0 bridgehead atoms. The van der Waals surface area contributed by atoms with Crippen molar-refractivity contribution in [1.82, 2.24) is 14.4 Å². The zero-order chi connectivity index (χ0) is 20.7. The highest BCUT2D eigenvalue weighted by molar-refractivity contribution is 7.98. The number of aromatic hydroxyl groups is 1. The lowest BCUT2D eigenvalue weighted by molar-refractivity contribution is -0.0140. The van der Waals surface area contributed by atoms with Crippen LogP contribution in [0.5, 0.6) is 5.75 Å². The van der Waals surface area contributed by atoms with Crippen molar-refractivity contribution >= 4 is 23.6 Å². The highest BCUT2D eigenvalue weighted by atomic mass is 32.2. The third-order valence-corrected chi connectivity index (χ3v) is 6.22. The molecule has 0 radical (unpaired) electrons. The quantitative estimate of drug-likeness (QED) is 0.732. The van der Waals surface area contributed by atoms with Crippen molar-refractivity contribution in [1.29, 1.82) is 0 Å². The molecule has 0 aliphatic carbocycles. The molecule has 9 heteroatoms. The molecule has 152 valence electrons. The number of benzene rings is 1. The van der Waals surface area contributed by atoms with Crippen LogP contribution in [0.15, 0.2) is 40.2 Å². The van der Waals surface area contributed by atoms with Gasteiger partial charge in [-0.15, -0.1) is 11.8 Å². The first-order valence-electron chi connectivity index (χ1n) is 9.28. The molecule has 1 fully saturated rings. The van der Waals surface area contributed by atoms with Crippen molar-refractivity contribution < 1.29 is 19.8 Å². The van der Waals surface area contributed by atoms with Crippen LogP contribution in [0.3, 0.4) is 0 Å². The van der Waals surface area contributed by atoms with E-state index in [-0.39, 0.29) is 18.4 Å². The summed E-state index contributed by atoms with van der Waals surface area (Å²) in [4.78, 5) is 41.5. The Morgan fingerprint density at radius 1 is 1.21 bits per heavy atom. The van der Waals surface area contributed by atoms with Crippen molar-refractivity contribution in [3.8, 4) is 5.75 Å². The predicted octanol–water partition coefficient (Wildman–Crippen LogP) is 1.66. The molecule has 2 aliphatic rings. The number of aromatic nitrogens is 1. The minimum atomic E-state index is -1.43. The first-order valence-corrected chi connectivity index (χ1v) is 10.5. The summed E-state index contributed by atoms with van der Waals surface area (Å²) in [6.07, 6.45) is 3.69. The fourth-order valence-electron chi connectivity index (χ4n) is 4.02. The van der Waals surface area contributed by atoms with E-state index in [4.69, 9.17) is 0 Å². The summed E-state index contributed by atoms with van der Waals surface area (Å²) >= 11 is 1.67. The first kappa shape index (κ1) is 19.5. The van der Waals surface area contributed by atoms with Crippen LogP contribution in [0, 0.1) is 0 Å². The number of carbonyl (C=O) groups is 2. The zero-order valence-corrected chi connectivity index (χ0v) is 16.7. The van der Waals surface area contributed by atoms with Crippen LogP contribution in [-0.4, -0.2) is 62.0 Å². The minimum absolute atomic E-state index is 0.137. The van der Waals surface area contributed by atoms with Gasteiger partial charge in [-0.25, -0.2) is 4.79 Å². The highest BCUT2D eigenvalue weighted by Crippen LogP contribution is 2.29. The number of thioether (sulfide) groups is 1. The lowest BCUT2D eigenvalue weighted by Gasteiger charge is -2.47. The van der Waals surface area contributed by atoms with Crippen molar-refractivity contribution in [3.63, 3.8) is 0 Å². The Balaban J connectivity index is 1.68. The van der Waals surface area contributed by atoms with Crippen molar-refractivity contribution in [2.45, 2.75) is 30.6 Å². The number of amides is 1. The smallest absolute Gasteiger partial charge is 0.341 e. The number of hydrogen-bond donors (Lipinski definition) is 2. The van der Waals surface area contributed by atoms with E-state index in [2.05, 4.69) is 29.2 Å². The van der Waals surface area contributed by atoms with Gasteiger partial charge in [0, 0.05) is 30.7 Å². The summed E-state index contributed by atoms with van der Waals surface area (Å²) in [6.45, 7) is 2.26. The molecule has 1 unspecified atom stereocenters. The largest absolute Gasteiger partial charge is 0.503 e. The topological polar surface area (TPSA) is 103 Å². The van der Waals surface area contributed by atoms with Gasteiger partial charge in [-0.05, 0) is 30.4 Å². The SMILES string of the molecule is CSc1ccc(CN2CCCN3C(=O)c4c(O)c(=O)c(C(=O)O)cn4CC23)cc1. The first-order chi connectivity index (χ1) is 13.9. The minimum Gasteiger partial charge on any atom is -0.503 e. The van der Waals surface area contributed by atoms with Gasteiger partial charge in [-0.1, -0.05) is 12.1 Å². The maximum atomic E-state index is 13.0. The number of pyridine rings is 1. The third-order valence-electron chi connectivity index (χ3n) is 5.48. The molecular formula is C20H21N3O5S. The number of aromatic carboxylic acids is 1. The van der Waals surface area contributed by atoms with Crippen molar-refractivity contribution in [2.24, 2.45) is 0 Å². The predicted molar refractivity (Wildman–Crippen MR) is 107 cm³/mol. The molecule has 29 heavy (non-hydrogen) atoms. The maximum absolute atomic E-state index is 13.0. The molecule has 3 heterocycles. The number of carbonyl (C=O) groups excluding carboxylic acids is 1. The number of nitrogens with zero attached hydrogens (tertiary/aromatic N) is 3. The summed E-state index contributed by atoms with van der Waals surface area (Å²) in [6, 6.07) is 8.25. The molecular weight excluding hydrogens is 394 g/mol. The Morgan fingerprint density at radius 3 is 2.59 bits per heavy atom. The fourth-order valence-corrected chi connectivity index (χ4v) is 4.43. The molecule has 8 nitrogen and oxygen atoms in total. The van der Waals surface area contributed by atoms with Gasteiger partial charge in [0.05, 0.1) is 6.54 Å². The van der Waals surface area contributed by atoms with Crippen molar-refractivity contribution in [3.05, 3.63) is 57.5 Å². The molecule has 0 saturated carbocycles. The van der Waals surface area contributed by atoms with Gasteiger partial charge in [0.25, 0.3) is 5.91 Å². The van der Waals surface area contributed by atoms with Crippen molar-refractivity contribution in [2.75, 3.05) is 19.3 Å². The van der Waals surface area contributed by atoms with Crippen LogP contribution in [0.4, 0.5) is 0 Å². The molecule has 1 amide bonds. The van der Waals surface area contributed by atoms with Gasteiger partial charge >= 0.3 is 5.97 Å². The van der Waals surface area contributed by atoms with Gasteiger partial charge in [0.2, 0.25) is 5.43 Å². The second-order valence-electron chi connectivity index (χ2n) is 7.18. The summed E-state index contributed by atoms with van der Waals surface area (Å²) in [5.41, 5.74) is -0.583. The van der Waals surface area contributed by atoms with Gasteiger partial charge < -0.3 is 19.7 Å². The molecule has 2 N–H and O–H groups in total. The van der Waals surface area contributed by atoms with E-state index >= 15 is 0 Å². The molecule has 4 rings (SSSR count). The summed E-state index contributed by atoms with van der Waals surface area (Å²) in [5, 5.41) is 19.5. The van der Waals surface area contributed by atoms with E-state index in [9.17, 15) is 24.6 Å². The van der Waals surface area contributed by atoms with Gasteiger partial charge in [0.1, 0.15) is 11.7 Å². The Hall–Kier alpha value is -2.78. The second kappa shape index (κ2) is 7.57. The van der Waals surface area contributed by atoms with Crippen LogP contribution in [0.2, 0.25) is 0 Å². The summed E-state index contributed by atoms with van der Waals surface area (Å²) in [5.74, 6) is -2.67. The normalized spacial score (nSPS) is 19.0. The lowest BCUT2D eigenvalue weighted by atomic mass is 10.1. The second-order valence-corrected chi connectivity index (χ2v) is 8.06. The monoisotopic (exact) mass is 415 g/mol. The number of carboxylic acids is 1. The van der Waals surface area contributed by atoms with Crippen LogP contribution in [0.25, 0.3) is 0 Å². The molecule has 1 aromatic carbocycles. The Morgan fingerprint density at radius 2 is 1.93 bits per heavy atom. The van der Waals surface area contributed by atoms with E-state index in [1.165, 1.54) is 9.46 Å². The number of fused-ring (bicyclic) bond motifs is 2. The molecule has 2 aromatic rings. The van der Waals surface area contributed by atoms with Crippen LogP contribution < -0.4 is 5.43 Å². The maximum Gasteiger partial charge on any atom is 0.341 e. The summed E-state index contributed by atoms with van der Waals surface area (Å²) in [7, 11) is 0.